The smallest absolute Gasteiger partial charge is 0.235 e. The van der Waals surface area contributed by atoms with Gasteiger partial charge in [-0.2, -0.15) is 0 Å². The molecule has 0 saturated heterocycles. The third kappa shape index (κ3) is 5.40. The summed E-state index contributed by atoms with van der Waals surface area (Å²) < 4.78 is 8.33. The highest BCUT2D eigenvalue weighted by atomic mass is 32.1. The van der Waals surface area contributed by atoms with E-state index in [2.05, 4.69) is 215 Å². The van der Waals surface area contributed by atoms with Gasteiger partial charge >= 0.3 is 0 Å². The first-order chi connectivity index (χ1) is 31.7. The van der Waals surface area contributed by atoms with Crippen molar-refractivity contribution < 1.29 is 0 Å². The third-order valence-corrected chi connectivity index (χ3v) is 15.3. The van der Waals surface area contributed by atoms with E-state index in [1.807, 2.05) is 11.3 Å². The number of hydrogen-bond acceptors (Lipinski definition) is 4. The zero-order chi connectivity index (χ0) is 41.9. The molecule has 0 saturated carbocycles. The average molecular weight is 851 g/mol. The lowest BCUT2D eigenvalue weighted by molar-refractivity contribution is 1.02. The van der Waals surface area contributed by atoms with E-state index in [9.17, 15) is 0 Å². The van der Waals surface area contributed by atoms with Gasteiger partial charge in [0, 0.05) is 57.8 Å². The van der Waals surface area contributed by atoms with E-state index in [0.29, 0.717) is 5.95 Å². The largest absolute Gasteiger partial charge is 0.309 e. The number of hydrogen-bond donors (Lipinski definition) is 0. The molecule has 0 bridgehead atoms. The first-order valence-electron chi connectivity index (χ1n) is 21.6. The van der Waals surface area contributed by atoms with Crippen LogP contribution in [0, 0.1) is 0 Å². The highest BCUT2D eigenvalue weighted by Gasteiger charge is 2.22. The zero-order valence-corrected chi connectivity index (χ0v) is 35.9. The van der Waals surface area contributed by atoms with Crippen LogP contribution < -0.4 is 0 Å². The van der Waals surface area contributed by atoms with Gasteiger partial charge in [0.15, 0.2) is 0 Å². The van der Waals surface area contributed by atoms with Crippen LogP contribution in [0.3, 0.4) is 0 Å². The number of para-hydroxylation sites is 2. The Balaban J connectivity index is 1.02. The minimum Gasteiger partial charge on any atom is -0.309 e. The van der Waals surface area contributed by atoms with E-state index >= 15 is 0 Å². The van der Waals surface area contributed by atoms with Crippen LogP contribution in [-0.2, 0) is 0 Å². The highest BCUT2D eigenvalue weighted by Crippen LogP contribution is 2.43. The van der Waals surface area contributed by atoms with Crippen LogP contribution in [0.5, 0.6) is 0 Å². The molecule has 14 aromatic rings. The molecule has 0 fully saturated rings. The van der Waals surface area contributed by atoms with Gasteiger partial charge in [0.1, 0.15) is 0 Å². The predicted octanol–water partition coefficient (Wildman–Crippen LogP) is 16.4. The van der Waals surface area contributed by atoms with Crippen molar-refractivity contribution in [1.82, 2.24) is 19.1 Å². The predicted molar refractivity (Wildman–Crippen MR) is 273 cm³/mol. The Labute approximate surface area is 375 Å². The number of nitrogens with zero attached hydrogens (tertiary/aromatic N) is 4. The maximum atomic E-state index is 5.61. The Hall–Kier alpha value is -7.90. The quantitative estimate of drug-likeness (QED) is 0.173. The van der Waals surface area contributed by atoms with Gasteiger partial charge in [0.2, 0.25) is 5.95 Å². The maximum Gasteiger partial charge on any atom is 0.235 e. The molecule has 5 aromatic heterocycles. The van der Waals surface area contributed by atoms with E-state index in [1.54, 1.807) is 11.3 Å². The second-order valence-electron chi connectivity index (χ2n) is 16.6. The highest BCUT2D eigenvalue weighted by molar-refractivity contribution is 7.25. The monoisotopic (exact) mass is 850 g/mol. The van der Waals surface area contributed by atoms with Crippen molar-refractivity contribution in [2.24, 2.45) is 0 Å². The Morgan fingerprint density at radius 2 is 0.969 bits per heavy atom. The molecule has 0 unspecified atom stereocenters. The SMILES string of the molecule is c1ccc(-c2cc3nc(-n4c5ccc(-c6ccc7c8ccccc8n(-c8ccccc8)c7c6)cc5c5cc6ccccc6cc54)nc(-c4ccc5sc6ccccc6c5c4)c3s2)cc1. The molecule has 4 nitrogen and oxygen atoms in total. The van der Waals surface area contributed by atoms with Crippen molar-refractivity contribution in [3.05, 3.63) is 206 Å². The first kappa shape index (κ1) is 35.7. The summed E-state index contributed by atoms with van der Waals surface area (Å²) >= 11 is 3.61. The summed E-state index contributed by atoms with van der Waals surface area (Å²) in [5, 5.41) is 9.73. The molecule has 0 amide bonds. The fourth-order valence-corrected chi connectivity index (χ4v) is 12.1. The van der Waals surface area contributed by atoms with E-state index in [-0.39, 0.29) is 0 Å². The number of fused-ring (bicyclic) bond motifs is 11. The van der Waals surface area contributed by atoms with Gasteiger partial charge < -0.3 is 4.57 Å². The van der Waals surface area contributed by atoms with Gasteiger partial charge in [-0.05, 0) is 100 Å². The second kappa shape index (κ2) is 13.8. The second-order valence-corrected chi connectivity index (χ2v) is 18.7. The summed E-state index contributed by atoms with van der Waals surface area (Å²) in [7, 11) is 0. The van der Waals surface area contributed by atoms with Crippen molar-refractivity contribution in [2.45, 2.75) is 0 Å². The standard InChI is InChI=1S/C58H34N4S2/c1-3-13-35(14-4-1)55-34-48-57(64-55)56(40-25-28-54-47(31-40)44-20-10-12-22-53(44)63-54)60-58(59-48)62-50-27-24-38(30-45(50)46-29-36-15-7-8-16-37(36)32-52(46)62)39-23-26-43-42-19-9-11-21-49(42)61(51(43)33-39)41-17-5-2-6-18-41/h1-34H. The van der Waals surface area contributed by atoms with Crippen molar-refractivity contribution >= 4 is 107 Å². The topological polar surface area (TPSA) is 35.6 Å². The lowest BCUT2D eigenvalue weighted by Crippen LogP contribution is -2.02. The molecule has 14 rings (SSSR count). The molecule has 5 heterocycles. The van der Waals surface area contributed by atoms with Crippen molar-refractivity contribution in [2.75, 3.05) is 0 Å². The molecule has 298 valence electrons. The van der Waals surface area contributed by atoms with E-state index in [4.69, 9.17) is 9.97 Å². The van der Waals surface area contributed by atoms with Crippen LogP contribution in [0.15, 0.2) is 206 Å². The molecule has 0 aliphatic carbocycles. The van der Waals surface area contributed by atoms with Crippen molar-refractivity contribution in [3.63, 3.8) is 0 Å². The van der Waals surface area contributed by atoms with Gasteiger partial charge in [0.25, 0.3) is 0 Å². The lowest BCUT2D eigenvalue weighted by atomic mass is 10.0. The van der Waals surface area contributed by atoms with Gasteiger partial charge in [-0.3, -0.25) is 4.57 Å². The fourth-order valence-electron chi connectivity index (χ4n) is 9.94. The van der Waals surface area contributed by atoms with Crippen LogP contribution in [0.25, 0.3) is 129 Å². The van der Waals surface area contributed by atoms with E-state index in [1.165, 1.54) is 74.1 Å². The van der Waals surface area contributed by atoms with E-state index in [0.717, 1.165) is 49.1 Å². The Morgan fingerprint density at radius 1 is 0.344 bits per heavy atom. The van der Waals surface area contributed by atoms with Crippen LogP contribution in [-0.4, -0.2) is 19.1 Å². The molecule has 0 radical (unpaired) electrons. The summed E-state index contributed by atoms with van der Waals surface area (Å²) in [6.07, 6.45) is 0. The molecule has 0 aliphatic rings. The molecule has 9 aromatic carbocycles. The lowest BCUT2D eigenvalue weighted by Gasteiger charge is -2.11. The van der Waals surface area contributed by atoms with Gasteiger partial charge in [-0.1, -0.05) is 133 Å². The van der Waals surface area contributed by atoms with Gasteiger partial charge in [-0.25, -0.2) is 9.97 Å². The third-order valence-electron chi connectivity index (χ3n) is 12.9. The summed E-state index contributed by atoms with van der Waals surface area (Å²) in [4.78, 5) is 12.2. The maximum absolute atomic E-state index is 5.61. The molecular weight excluding hydrogens is 817 g/mol. The Bertz CT molecular complexity index is 4190. The number of rotatable bonds is 5. The Morgan fingerprint density at radius 3 is 1.84 bits per heavy atom. The Kier molecular flexibility index (Phi) is 7.69. The zero-order valence-electron chi connectivity index (χ0n) is 34.2. The molecule has 0 atom stereocenters. The summed E-state index contributed by atoms with van der Waals surface area (Å²) in [6, 6.07) is 74.9. The molecule has 6 heteroatoms. The van der Waals surface area contributed by atoms with Crippen molar-refractivity contribution in [1.29, 1.82) is 0 Å². The minimum atomic E-state index is 0.659. The summed E-state index contributed by atoms with van der Waals surface area (Å²) in [5.41, 5.74) is 12.2. The van der Waals surface area contributed by atoms with Gasteiger partial charge in [-0.15, -0.1) is 22.7 Å². The molecule has 0 aliphatic heterocycles. The number of aromatic nitrogens is 4. The molecule has 0 spiro atoms. The van der Waals surface area contributed by atoms with Crippen molar-refractivity contribution in [3.8, 4) is 44.5 Å². The first-order valence-corrected chi connectivity index (χ1v) is 23.2. The van der Waals surface area contributed by atoms with Crippen LogP contribution in [0.1, 0.15) is 0 Å². The number of benzene rings is 9. The van der Waals surface area contributed by atoms with E-state index < -0.39 is 0 Å². The number of thiophene rings is 2. The average Bonchev–Trinajstić information content (AvgIpc) is 4.12. The summed E-state index contributed by atoms with van der Waals surface area (Å²) in [5.74, 6) is 0.659. The molecular formula is C58H34N4S2. The molecule has 64 heavy (non-hydrogen) atoms. The van der Waals surface area contributed by atoms with Crippen LogP contribution >= 0.6 is 22.7 Å². The fraction of sp³-hybridized carbons (Fsp3) is 0. The van der Waals surface area contributed by atoms with Gasteiger partial charge in [0.05, 0.1) is 38.0 Å². The van der Waals surface area contributed by atoms with Crippen LogP contribution in [0.2, 0.25) is 0 Å². The van der Waals surface area contributed by atoms with Crippen LogP contribution in [0.4, 0.5) is 0 Å². The minimum absolute atomic E-state index is 0.659. The molecule has 0 N–H and O–H groups in total. The summed E-state index contributed by atoms with van der Waals surface area (Å²) in [6.45, 7) is 0. The normalized spacial score (nSPS) is 12.1.